The number of benzene rings is 2. The van der Waals surface area contributed by atoms with E-state index in [1.807, 2.05) is 24.3 Å². The predicted molar refractivity (Wildman–Crippen MR) is 97.1 cm³/mol. The number of nitrogens with one attached hydrogen (secondary N) is 1. The van der Waals surface area contributed by atoms with Crippen molar-refractivity contribution in [3.05, 3.63) is 62.5 Å². The Morgan fingerprint density at radius 2 is 1.83 bits per heavy atom. The van der Waals surface area contributed by atoms with Gasteiger partial charge >= 0.3 is 6.03 Å². The van der Waals surface area contributed by atoms with E-state index in [2.05, 4.69) is 21.2 Å². The van der Waals surface area contributed by atoms with Crippen molar-refractivity contribution in [3.8, 4) is 0 Å². The first-order chi connectivity index (χ1) is 11.0. The van der Waals surface area contributed by atoms with Gasteiger partial charge in [-0.3, -0.25) is 0 Å². The van der Waals surface area contributed by atoms with E-state index in [1.165, 1.54) is 4.90 Å². The largest absolute Gasteiger partial charge is 0.395 e. The third kappa shape index (κ3) is 5.39. The first kappa shape index (κ1) is 18.1. The van der Waals surface area contributed by atoms with Crippen LogP contribution in [0.1, 0.15) is 5.56 Å². The van der Waals surface area contributed by atoms with Crippen molar-refractivity contribution in [2.45, 2.75) is 6.54 Å². The van der Waals surface area contributed by atoms with Crippen LogP contribution in [0.5, 0.6) is 0 Å². The van der Waals surface area contributed by atoms with Gasteiger partial charge in [0.1, 0.15) is 0 Å². The molecular weight excluding hydrogens is 403 g/mol. The molecule has 0 bridgehead atoms. The summed E-state index contributed by atoms with van der Waals surface area (Å²) in [4.78, 5) is 14.0. The Labute approximate surface area is 153 Å². The Morgan fingerprint density at radius 1 is 1.17 bits per heavy atom. The average Bonchev–Trinajstić information content (AvgIpc) is 2.47. The summed E-state index contributed by atoms with van der Waals surface area (Å²) in [5, 5.41) is 12.8. The number of nitrogens with zero attached hydrogens (tertiary/aromatic N) is 1. The number of aliphatic hydroxyl groups is 1. The van der Waals surface area contributed by atoms with E-state index in [1.54, 1.807) is 18.2 Å². The van der Waals surface area contributed by atoms with Gasteiger partial charge in [0.05, 0.1) is 6.61 Å². The van der Waals surface area contributed by atoms with Crippen molar-refractivity contribution in [1.82, 2.24) is 4.90 Å². The molecule has 0 unspecified atom stereocenters. The second-order valence-electron chi connectivity index (χ2n) is 4.82. The minimum Gasteiger partial charge on any atom is -0.395 e. The van der Waals surface area contributed by atoms with Crippen LogP contribution in [0.15, 0.2) is 46.9 Å². The number of urea groups is 1. The molecule has 0 saturated carbocycles. The minimum atomic E-state index is -0.340. The third-order valence-electron chi connectivity index (χ3n) is 3.09. The van der Waals surface area contributed by atoms with E-state index in [-0.39, 0.29) is 19.2 Å². The normalized spacial score (nSPS) is 10.4. The zero-order valence-corrected chi connectivity index (χ0v) is 15.2. The fourth-order valence-electron chi connectivity index (χ4n) is 2.03. The van der Waals surface area contributed by atoms with Gasteiger partial charge in [0.25, 0.3) is 0 Å². The molecule has 0 heterocycles. The molecule has 0 radical (unpaired) electrons. The Kier molecular flexibility index (Phi) is 6.72. The molecular formula is C16H15BrCl2N2O2. The van der Waals surface area contributed by atoms with Crippen molar-refractivity contribution in [3.63, 3.8) is 0 Å². The summed E-state index contributed by atoms with van der Waals surface area (Å²) in [7, 11) is 0. The van der Waals surface area contributed by atoms with Gasteiger partial charge in [0, 0.05) is 33.3 Å². The van der Waals surface area contributed by atoms with Crippen molar-refractivity contribution in [2.75, 3.05) is 18.5 Å². The van der Waals surface area contributed by atoms with Gasteiger partial charge < -0.3 is 15.3 Å². The highest BCUT2D eigenvalue weighted by molar-refractivity contribution is 9.10. The fourth-order valence-corrected chi connectivity index (χ4v) is 2.97. The van der Waals surface area contributed by atoms with Gasteiger partial charge in [0.2, 0.25) is 0 Å². The number of anilines is 1. The maximum atomic E-state index is 12.4. The zero-order chi connectivity index (χ0) is 16.8. The standard InChI is InChI=1S/C16H15BrCl2N2O2/c17-15-4-2-1-3-11(15)10-21(5-6-22)16(23)20-14-8-12(18)7-13(19)9-14/h1-4,7-9,22H,5-6,10H2,(H,20,23). The van der Waals surface area contributed by atoms with Gasteiger partial charge in [-0.15, -0.1) is 0 Å². The van der Waals surface area contributed by atoms with Gasteiger partial charge in [-0.1, -0.05) is 57.3 Å². The quantitative estimate of drug-likeness (QED) is 0.735. The molecule has 2 rings (SSSR count). The number of carbonyl (C=O) groups is 1. The van der Waals surface area contributed by atoms with E-state index >= 15 is 0 Å². The number of carbonyl (C=O) groups excluding carboxylic acids is 1. The maximum absolute atomic E-state index is 12.4. The van der Waals surface area contributed by atoms with E-state index in [9.17, 15) is 9.90 Å². The molecule has 0 aliphatic carbocycles. The molecule has 0 aromatic heterocycles. The minimum absolute atomic E-state index is 0.131. The lowest BCUT2D eigenvalue weighted by molar-refractivity contribution is 0.185. The molecule has 0 aliphatic rings. The van der Waals surface area contributed by atoms with Crippen LogP contribution in [0.25, 0.3) is 0 Å². The molecule has 0 saturated heterocycles. The highest BCUT2D eigenvalue weighted by atomic mass is 79.9. The predicted octanol–water partition coefficient (Wildman–Crippen LogP) is 4.78. The molecule has 2 aromatic rings. The third-order valence-corrected chi connectivity index (χ3v) is 4.30. The van der Waals surface area contributed by atoms with Crippen LogP contribution < -0.4 is 5.32 Å². The van der Waals surface area contributed by atoms with Crippen LogP contribution in [0.4, 0.5) is 10.5 Å². The summed E-state index contributed by atoms with van der Waals surface area (Å²) in [6.07, 6.45) is 0. The highest BCUT2D eigenvalue weighted by Crippen LogP contribution is 2.23. The number of aliphatic hydroxyl groups excluding tert-OH is 1. The number of halogens is 3. The molecule has 0 fully saturated rings. The molecule has 0 atom stereocenters. The number of hydrogen-bond acceptors (Lipinski definition) is 2. The molecule has 7 heteroatoms. The van der Waals surface area contributed by atoms with E-state index in [0.717, 1.165) is 10.0 Å². The first-order valence-electron chi connectivity index (χ1n) is 6.86. The first-order valence-corrected chi connectivity index (χ1v) is 8.41. The summed E-state index contributed by atoms with van der Waals surface area (Å²) >= 11 is 15.3. The maximum Gasteiger partial charge on any atom is 0.322 e. The highest BCUT2D eigenvalue weighted by Gasteiger charge is 2.15. The van der Waals surface area contributed by atoms with Crippen molar-refractivity contribution in [1.29, 1.82) is 0 Å². The molecule has 0 spiro atoms. The van der Waals surface area contributed by atoms with Gasteiger partial charge in [-0.25, -0.2) is 4.79 Å². The van der Waals surface area contributed by atoms with E-state index in [4.69, 9.17) is 23.2 Å². The zero-order valence-electron chi connectivity index (χ0n) is 12.1. The summed E-state index contributed by atoms with van der Waals surface area (Å²) < 4.78 is 0.904. The Bertz CT molecular complexity index is 677. The lowest BCUT2D eigenvalue weighted by atomic mass is 10.2. The van der Waals surface area contributed by atoms with Crippen molar-refractivity contribution >= 4 is 50.9 Å². The number of hydrogen-bond donors (Lipinski definition) is 2. The van der Waals surface area contributed by atoms with Crippen LogP contribution in [0, 0.1) is 0 Å². The topological polar surface area (TPSA) is 52.6 Å². The smallest absolute Gasteiger partial charge is 0.322 e. The van der Waals surface area contributed by atoms with Crippen molar-refractivity contribution < 1.29 is 9.90 Å². The lowest BCUT2D eigenvalue weighted by Crippen LogP contribution is -2.36. The van der Waals surface area contributed by atoms with E-state index in [0.29, 0.717) is 22.3 Å². The summed E-state index contributed by atoms with van der Waals surface area (Å²) in [6.45, 7) is 0.442. The number of amides is 2. The summed E-state index contributed by atoms with van der Waals surface area (Å²) in [6, 6.07) is 12.1. The van der Waals surface area contributed by atoms with Crippen LogP contribution in [-0.2, 0) is 6.54 Å². The second kappa shape index (κ2) is 8.55. The molecule has 2 aromatic carbocycles. The molecule has 122 valence electrons. The molecule has 2 amide bonds. The average molecular weight is 418 g/mol. The van der Waals surface area contributed by atoms with Crippen LogP contribution in [0.2, 0.25) is 10.0 Å². The SMILES string of the molecule is O=C(Nc1cc(Cl)cc(Cl)c1)N(CCO)Cc1ccccc1Br. The van der Waals surface area contributed by atoms with Crippen LogP contribution in [-0.4, -0.2) is 29.2 Å². The Balaban J connectivity index is 2.13. The van der Waals surface area contributed by atoms with Gasteiger partial charge in [-0.05, 0) is 29.8 Å². The lowest BCUT2D eigenvalue weighted by Gasteiger charge is -2.23. The van der Waals surface area contributed by atoms with Gasteiger partial charge in [-0.2, -0.15) is 0 Å². The van der Waals surface area contributed by atoms with Crippen LogP contribution in [0.3, 0.4) is 0 Å². The number of rotatable bonds is 5. The van der Waals surface area contributed by atoms with Crippen molar-refractivity contribution in [2.24, 2.45) is 0 Å². The Morgan fingerprint density at radius 3 is 2.43 bits per heavy atom. The van der Waals surface area contributed by atoms with Crippen LogP contribution >= 0.6 is 39.1 Å². The summed E-state index contributed by atoms with van der Waals surface area (Å²) in [5.74, 6) is 0. The second-order valence-corrected chi connectivity index (χ2v) is 6.55. The Hall–Kier alpha value is -1.27. The summed E-state index contributed by atoms with van der Waals surface area (Å²) in [5.41, 5.74) is 1.45. The monoisotopic (exact) mass is 416 g/mol. The van der Waals surface area contributed by atoms with E-state index < -0.39 is 0 Å². The fraction of sp³-hybridized carbons (Fsp3) is 0.188. The molecule has 0 aliphatic heterocycles. The van der Waals surface area contributed by atoms with Gasteiger partial charge in [0.15, 0.2) is 0 Å². The molecule has 2 N–H and O–H groups in total. The molecule has 4 nitrogen and oxygen atoms in total. The molecule has 23 heavy (non-hydrogen) atoms.